The molecule has 0 radical (unpaired) electrons. The molecule has 2 amide bonds. The van der Waals surface area contributed by atoms with Crippen molar-refractivity contribution in [1.29, 1.82) is 0 Å². The lowest BCUT2D eigenvalue weighted by atomic mass is 9.75. The molecular weight excluding hydrogens is 488 g/mol. The molecule has 0 aliphatic carbocycles. The predicted octanol–water partition coefficient (Wildman–Crippen LogP) is 4.33. The highest BCUT2D eigenvalue weighted by molar-refractivity contribution is 6.23. The Morgan fingerprint density at radius 1 is 0.923 bits per heavy atom. The second-order valence-corrected chi connectivity index (χ2v) is 11.3. The second kappa shape index (κ2) is 8.45. The quantitative estimate of drug-likeness (QED) is 0.407. The van der Waals surface area contributed by atoms with E-state index in [0.29, 0.717) is 40.4 Å². The maximum Gasteiger partial charge on any atom is 0.266 e. The Labute approximate surface area is 226 Å². The molecule has 7 heteroatoms. The first-order chi connectivity index (χ1) is 18.9. The number of nitrogens with zero attached hydrogens (tertiary/aromatic N) is 3. The fourth-order valence-corrected chi connectivity index (χ4v) is 7.06. The number of benzene rings is 3. The molecule has 0 bridgehead atoms. The van der Waals surface area contributed by atoms with Crippen molar-refractivity contribution in [2.24, 2.45) is 17.8 Å². The zero-order valence-corrected chi connectivity index (χ0v) is 22.2. The van der Waals surface area contributed by atoms with E-state index in [4.69, 9.17) is 4.98 Å². The number of imide groups is 1. The first kappa shape index (κ1) is 24.0. The number of aromatic nitrogens is 2. The molecule has 4 aromatic rings. The van der Waals surface area contributed by atoms with Crippen LogP contribution >= 0.6 is 0 Å². The fraction of sp³-hybridized carbons (Fsp3) is 0.312. The summed E-state index contributed by atoms with van der Waals surface area (Å²) < 4.78 is 1.65. The van der Waals surface area contributed by atoms with Crippen LogP contribution in [0.2, 0.25) is 0 Å². The van der Waals surface area contributed by atoms with Crippen LogP contribution in [0.4, 0.5) is 5.69 Å². The van der Waals surface area contributed by atoms with Crippen molar-refractivity contribution in [2.75, 3.05) is 4.90 Å². The van der Waals surface area contributed by atoms with Crippen LogP contribution in [0.1, 0.15) is 44.1 Å². The lowest BCUT2D eigenvalue weighted by molar-refractivity contribution is -0.123. The number of anilines is 1. The highest BCUT2D eigenvalue weighted by Crippen LogP contribution is 2.56. The van der Waals surface area contributed by atoms with Gasteiger partial charge in [-0.2, -0.15) is 0 Å². The fourth-order valence-electron chi connectivity index (χ4n) is 7.06. The van der Waals surface area contributed by atoms with E-state index in [1.807, 2.05) is 66.7 Å². The highest BCUT2D eigenvalue weighted by Gasteiger charge is 2.69. The predicted molar refractivity (Wildman–Crippen MR) is 150 cm³/mol. The maximum atomic E-state index is 14.5. The SMILES string of the molecule is CCc1ccc(N2C(=O)[C@H]3[C@@H](CC(C)C)N[C@@]4(c5ccccc5-n5c4nc4ccccc4c5=O)[C@H]3C2=O)cc1. The molecule has 39 heavy (non-hydrogen) atoms. The van der Waals surface area contributed by atoms with E-state index in [-0.39, 0.29) is 23.4 Å². The van der Waals surface area contributed by atoms with Gasteiger partial charge in [0.25, 0.3) is 5.56 Å². The van der Waals surface area contributed by atoms with Gasteiger partial charge in [-0.1, -0.05) is 63.2 Å². The van der Waals surface area contributed by atoms with Crippen molar-refractivity contribution in [3.63, 3.8) is 0 Å². The summed E-state index contributed by atoms with van der Waals surface area (Å²) in [6.07, 6.45) is 1.59. The monoisotopic (exact) mass is 518 g/mol. The molecule has 4 atom stereocenters. The van der Waals surface area contributed by atoms with Crippen LogP contribution < -0.4 is 15.8 Å². The molecular formula is C32H30N4O3. The van der Waals surface area contributed by atoms with E-state index < -0.39 is 17.4 Å². The smallest absolute Gasteiger partial charge is 0.266 e. The molecule has 7 rings (SSSR count). The minimum absolute atomic E-state index is 0.172. The van der Waals surface area contributed by atoms with Crippen molar-refractivity contribution in [3.8, 4) is 5.69 Å². The van der Waals surface area contributed by atoms with Crippen molar-refractivity contribution in [2.45, 2.75) is 45.2 Å². The first-order valence-electron chi connectivity index (χ1n) is 13.7. The molecule has 3 aliphatic rings. The summed E-state index contributed by atoms with van der Waals surface area (Å²) in [6, 6.07) is 22.4. The normalized spacial score (nSPS) is 25.1. The van der Waals surface area contributed by atoms with Gasteiger partial charge in [-0.15, -0.1) is 0 Å². The summed E-state index contributed by atoms with van der Waals surface area (Å²) >= 11 is 0. The number of aryl methyl sites for hydroxylation is 1. The van der Waals surface area contributed by atoms with Gasteiger partial charge in [-0.05, 0) is 54.7 Å². The molecule has 1 spiro atoms. The number of fused-ring (bicyclic) bond motifs is 8. The van der Waals surface area contributed by atoms with Crippen molar-refractivity contribution in [3.05, 3.63) is 100 Å². The van der Waals surface area contributed by atoms with Crippen molar-refractivity contribution < 1.29 is 9.59 Å². The van der Waals surface area contributed by atoms with Gasteiger partial charge in [-0.25, -0.2) is 9.88 Å². The lowest BCUT2D eigenvalue weighted by Crippen LogP contribution is -2.50. The molecule has 3 aliphatic heterocycles. The van der Waals surface area contributed by atoms with Crippen LogP contribution in [-0.2, 0) is 21.5 Å². The van der Waals surface area contributed by atoms with Crippen LogP contribution in [-0.4, -0.2) is 27.4 Å². The van der Waals surface area contributed by atoms with Crippen molar-refractivity contribution in [1.82, 2.24) is 14.9 Å². The molecule has 0 saturated carbocycles. The summed E-state index contributed by atoms with van der Waals surface area (Å²) in [5.74, 6) is -0.973. The zero-order chi connectivity index (χ0) is 27.1. The third kappa shape index (κ3) is 3.13. The van der Waals surface area contributed by atoms with Gasteiger partial charge in [0.05, 0.1) is 34.1 Å². The number of amides is 2. The molecule has 4 heterocycles. The molecule has 7 nitrogen and oxygen atoms in total. The maximum absolute atomic E-state index is 14.5. The van der Waals surface area contributed by atoms with E-state index >= 15 is 0 Å². The standard InChI is InChI=1S/C32H30N4O3/c1-4-19-13-15-20(16-14-19)35-29(38)26-24(17-18(2)3)34-32(27(26)30(35)39)22-10-6-8-12-25(22)36-28(37)21-9-5-7-11-23(21)33-31(32)36/h5-16,18,24,26-27,34H,4,17H2,1-3H3/t24-,26+,27-,32+/m1/s1. The van der Waals surface area contributed by atoms with Crippen LogP contribution in [0.5, 0.6) is 0 Å². The Kier molecular flexibility index (Phi) is 5.19. The van der Waals surface area contributed by atoms with Gasteiger partial charge < -0.3 is 0 Å². The number of nitrogens with one attached hydrogen (secondary N) is 1. The van der Waals surface area contributed by atoms with Gasteiger partial charge in [0.15, 0.2) is 0 Å². The Morgan fingerprint density at radius 2 is 1.64 bits per heavy atom. The summed E-state index contributed by atoms with van der Waals surface area (Å²) in [7, 11) is 0. The average Bonchev–Trinajstić information content (AvgIpc) is 3.51. The third-order valence-corrected chi connectivity index (χ3v) is 8.69. The molecule has 2 fully saturated rings. The lowest BCUT2D eigenvalue weighted by Gasteiger charge is -2.32. The van der Waals surface area contributed by atoms with E-state index in [9.17, 15) is 14.4 Å². The topological polar surface area (TPSA) is 84.3 Å². The Morgan fingerprint density at radius 3 is 2.38 bits per heavy atom. The van der Waals surface area contributed by atoms with Gasteiger partial charge in [0, 0.05) is 11.6 Å². The number of hydrogen-bond donors (Lipinski definition) is 1. The van der Waals surface area contributed by atoms with E-state index in [1.54, 1.807) is 10.6 Å². The first-order valence-corrected chi connectivity index (χ1v) is 13.7. The molecule has 2 saturated heterocycles. The largest absolute Gasteiger partial charge is 0.297 e. The van der Waals surface area contributed by atoms with E-state index in [0.717, 1.165) is 17.5 Å². The number of para-hydroxylation sites is 2. The number of carbonyl (C=O) groups is 2. The van der Waals surface area contributed by atoms with Gasteiger partial charge in [-0.3, -0.25) is 24.3 Å². The van der Waals surface area contributed by atoms with Crippen LogP contribution in [0.25, 0.3) is 16.6 Å². The minimum atomic E-state index is -1.10. The van der Waals surface area contributed by atoms with E-state index in [2.05, 4.69) is 26.1 Å². The molecule has 1 N–H and O–H groups in total. The summed E-state index contributed by atoms with van der Waals surface area (Å²) in [4.78, 5) is 48.9. The summed E-state index contributed by atoms with van der Waals surface area (Å²) in [5, 5.41) is 4.29. The number of carbonyl (C=O) groups excluding carboxylic acids is 2. The molecule has 3 aromatic carbocycles. The number of rotatable bonds is 4. The molecule has 1 aromatic heterocycles. The highest BCUT2D eigenvalue weighted by atomic mass is 16.2. The van der Waals surface area contributed by atoms with Gasteiger partial charge >= 0.3 is 0 Å². The van der Waals surface area contributed by atoms with Gasteiger partial charge in [0.1, 0.15) is 11.4 Å². The average molecular weight is 519 g/mol. The van der Waals surface area contributed by atoms with Crippen LogP contribution in [0.3, 0.4) is 0 Å². The molecule has 0 unspecified atom stereocenters. The third-order valence-electron chi connectivity index (χ3n) is 8.69. The Bertz CT molecular complexity index is 1720. The van der Waals surface area contributed by atoms with Crippen LogP contribution in [0.15, 0.2) is 77.6 Å². The Balaban J connectivity index is 1.49. The van der Waals surface area contributed by atoms with E-state index in [1.165, 1.54) is 4.90 Å². The zero-order valence-electron chi connectivity index (χ0n) is 22.2. The minimum Gasteiger partial charge on any atom is -0.297 e. The Hall–Kier alpha value is -4.10. The van der Waals surface area contributed by atoms with Crippen molar-refractivity contribution >= 4 is 28.4 Å². The van der Waals surface area contributed by atoms with Gasteiger partial charge in [0.2, 0.25) is 11.8 Å². The number of hydrogen-bond acceptors (Lipinski definition) is 5. The van der Waals surface area contributed by atoms with Crippen LogP contribution in [0, 0.1) is 17.8 Å². The second-order valence-electron chi connectivity index (χ2n) is 11.3. The summed E-state index contributed by atoms with van der Waals surface area (Å²) in [5.41, 5.74) is 2.56. The molecule has 196 valence electrons. The summed E-state index contributed by atoms with van der Waals surface area (Å²) in [6.45, 7) is 6.32.